The van der Waals surface area contributed by atoms with E-state index in [0.29, 0.717) is 44.0 Å². The van der Waals surface area contributed by atoms with Gasteiger partial charge in [0.25, 0.3) is 0 Å². The lowest BCUT2D eigenvalue weighted by molar-refractivity contribution is -0.187. The van der Waals surface area contributed by atoms with Gasteiger partial charge in [-0.25, -0.2) is 0 Å². The Morgan fingerprint density at radius 3 is 3.03 bits per heavy atom. The minimum atomic E-state index is -1.00. The Morgan fingerprint density at radius 2 is 2.23 bits per heavy atom. The molecule has 0 amide bonds. The number of carbonyl (C=O) groups excluding carboxylic acids is 1. The van der Waals surface area contributed by atoms with Gasteiger partial charge in [0, 0.05) is 38.2 Å². The fourth-order valence-electron chi connectivity index (χ4n) is 6.21. The van der Waals surface area contributed by atoms with Crippen molar-refractivity contribution < 1.29 is 28.8 Å². The number of benzene rings is 1. The Bertz CT molecular complexity index is 871. The maximum atomic E-state index is 13.0. The number of carbonyl (C=O) groups is 1. The number of ketones is 1. The van der Waals surface area contributed by atoms with E-state index in [0.717, 1.165) is 30.6 Å². The summed E-state index contributed by atoms with van der Waals surface area (Å²) in [6, 6.07) is 3.90. The number of hydrogen-bond donors (Lipinski definition) is 1. The average Bonchev–Trinajstić information content (AvgIpc) is 3.09. The number of aliphatic hydroxyl groups is 1. The maximum Gasteiger partial charge on any atom is 0.189 e. The Labute approximate surface area is 176 Å². The molecular formula is C23H29NO6. The van der Waals surface area contributed by atoms with Gasteiger partial charge in [-0.1, -0.05) is 12.1 Å². The highest BCUT2D eigenvalue weighted by Crippen LogP contribution is 2.64. The molecule has 1 aromatic carbocycles. The summed E-state index contributed by atoms with van der Waals surface area (Å²) in [7, 11) is 1.62. The summed E-state index contributed by atoms with van der Waals surface area (Å²) in [6.07, 6.45) is 3.44. The van der Waals surface area contributed by atoms with E-state index < -0.39 is 17.1 Å². The largest absolute Gasteiger partial charge is 0.477 e. The molecule has 0 radical (unpaired) electrons. The summed E-state index contributed by atoms with van der Waals surface area (Å²) < 4.78 is 22.6. The summed E-state index contributed by atoms with van der Waals surface area (Å²) in [5, 5.41) is 12.1. The number of rotatable bonds is 8. The topological polar surface area (TPSA) is 77.5 Å². The van der Waals surface area contributed by atoms with Crippen LogP contribution in [0.5, 0.6) is 11.5 Å². The van der Waals surface area contributed by atoms with E-state index >= 15 is 0 Å². The Morgan fingerprint density at radius 1 is 1.37 bits per heavy atom. The molecule has 2 heterocycles. The van der Waals surface area contributed by atoms with Crippen molar-refractivity contribution in [2.45, 2.75) is 48.8 Å². The summed E-state index contributed by atoms with van der Waals surface area (Å²) >= 11 is 0. The molecule has 2 fully saturated rings. The molecule has 1 saturated carbocycles. The first-order valence-electron chi connectivity index (χ1n) is 10.7. The second-order valence-electron chi connectivity index (χ2n) is 8.70. The normalized spacial score (nSPS) is 33.7. The van der Waals surface area contributed by atoms with Crippen LogP contribution in [-0.4, -0.2) is 73.7 Å². The summed E-state index contributed by atoms with van der Waals surface area (Å²) in [4.78, 5) is 15.3. The Kier molecular flexibility index (Phi) is 4.89. The van der Waals surface area contributed by atoms with Crippen molar-refractivity contribution in [2.24, 2.45) is 0 Å². The van der Waals surface area contributed by atoms with Gasteiger partial charge in [-0.3, -0.25) is 9.69 Å². The molecule has 1 spiro atoms. The number of likely N-dealkylation sites (tertiary alicyclic amines) is 1. The molecule has 4 aliphatic rings. The molecular weight excluding hydrogens is 386 g/mol. The van der Waals surface area contributed by atoms with E-state index in [-0.39, 0.29) is 18.6 Å². The van der Waals surface area contributed by atoms with Crippen molar-refractivity contribution in [2.75, 3.05) is 40.2 Å². The van der Waals surface area contributed by atoms with Gasteiger partial charge in [0.1, 0.15) is 0 Å². The second kappa shape index (κ2) is 7.34. The number of ether oxygens (including phenoxy) is 4. The van der Waals surface area contributed by atoms with E-state index in [2.05, 4.69) is 17.5 Å². The Hall–Kier alpha value is -1.93. The van der Waals surface area contributed by atoms with Gasteiger partial charge >= 0.3 is 0 Å². The zero-order chi connectivity index (χ0) is 20.9. The van der Waals surface area contributed by atoms with Crippen LogP contribution < -0.4 is 9.47 Å². The van der Waals surface area contributed by atoms with Crippen LogP contribution in [0.15, 0.2) is 24.8 Å². The third kappa shape index (κ3) is 2.56. The lowest BCUT2D eigenvalue weighted by atomic mass is 9.49. The number of Topliss-reactive ketones (excluding diaryl/α,β-unsaturated/α-hetero) is 1. The molecule has 1 unspecified atom stereocenters. The molecule has 1 N–H and O–H groups in total. The zero-order valence-electron chi connectivity index (χ0n) is 17.4. The second-order valence-corrected chi connectivity index (χ2v) is 8.70. The van der Waals surface area contributed by atoms with Crippen LogP contribution in [-0.2, 0) is 26.1 Å². The predicted octanol–water partition coefficient (Wildman–Crippen LogP) is 1.60. The van der Waals surface area contributed by atoms with Gasteiger partial charge in [-0.15, -0.1) is 6.58 Å². The highest BCUT2D eigenvalue weighted by molar-refractivity contribution is 5.90. The quantitative estimate of drug-likeness (QED) is 0.393. The van der Waals surface area contributed by atoms with Crippen LogP contribution in [0.1, 0.15) is 30.4 Å². The molecule has 30 heavy (non-hydrogen) atoms. The SMILES string of the molecule is C=CCN1CC[C@]23c4c5ccc(OCOCCOC)c4O[C@H]2C(=O)CC[C@@]3(O)C1C5. The number of nitrogens with zero attached hydrogens (tertiary/aromatic N) is 1. The van der Waals surface area contributed by atoms with E-state index in [1.54, 1.807) is 7.11 Å². The first-order valence-corrected chi connectivity index (χ1v) is 10.7. The van der Waals surface area contributed by atoms with Crippen molar-refractivity contribution >= 4 is 5.78 Å². The average molecular weight is 415 g/mol. The maximum absolute atomic E-state index is 13.0. The molecule has 4 atom stereocenters. The van der Waals surface area contributed by atoms with Crippen LogP contribution in [0.4, 0.5) is 0 Å². The van der Waals surface area contributed by atoms with Crippen LogP contribution in [0, 0.1) is 0 Å². The molecule has 2 aliphatic carbocycles. The van der Waals surface area contributed by atoms with Crippen molar-refractivity contribution in [1.29, 1.82) is 0 Å². The number of methoxy groups -OCH3 is 1. The standard InChI is InChI=1S/C23H29NO6/c1-3-9-24-10-8-22-19-15-4-5-17(29-14-28-12-11-27-2)20(19)30-21(22)16(25)6-7-23(22,26)18(24)13-15/h3-5,18,21,26H,1,6-14H2,2H3/t18?,21-,22-,23+/m0/s1. The molecule has 2 bridgehead atoms. The zero-order valence-corrected chi connectivity index (χ0v) is 17.4. The van der Waals surface area contributed by atoms with Crippen LogP contribution in [0.3, 0.4) is 0 Å². The van der Waals surface area contributed by atoms with Crippen molar-refractivity contribution in [3.05, 3.63) is 35.9 Å². The minimum Gasteiger partial charge on any atom is -0.477 e. The Balaban J connectivity index is 1.55. The van der Waals surface area contributed by atoms with Crippen LogP contribution in [0.25, 0.3) is 0 Å². The third-order valence-electron chi connectivity index (χ3n) is 7.45. The van der Waals surface area contributed by atoms with Gasteiger partial charge in [-0.05, 0) is 30.9 Å². The lowest BCUT2D eigenvalue weighted by Crippen LogP contribution is -2.76. The van der Waals surface area contributed by atoms with Crippen molar-refractivity contribution in [3.63, 3.8) is 0 Å². The fourth-order valence-corrected chi connectivity index (χ4v) is 6.21. The first kappa shape index (κ1) is 20.0. The lowest BCUT2D eigenvalue weighted by Gasteiger charge is -2.62. The first-order chi connectivity index (χ1) is 14.6. The van der Waals surface area contributed by atoms with Crippen molar-refractivity contribution in [3.8, 4) is 11.5 Å². The predicted molar refractivity (Wildman–Crippen MR) is 109 cm³/mol. The van der Waals surface area contributed by atoms with E-state index in [1.165, 1.54) is 0 Å². The molecule has 7 nitrogen and oxygen atoms in total. The molecule has 0 aromatic heterocycles. The van der Waals surface area contributed by atoms with Gasteiger partial charge in [0.15, 0.2) is 30.2 Å². The van der Waals surface area contributed by atoms with Crippen molar-refractivity contribution in [1.82, 2.24) is 4.90 Å². The van der Waals surface area contributed by atoms with Gasteiger partial charge in [-0.2, -0.15) is 0 Å². The fraction of sp³-hybridized carbons (Fsp3) is 0.609. The highest BCUT2D eigenvalue weighted by atomic mass is 16.7. The van der Waals surface area contributed by atoms with Gasteiger partial charge in [0.05, 0.1) is 24.2 Å². The molecule has 7 heteroatoms. The summed E-state index contributed by atoms with van der Waals surface area (Å²) in [5.41, 5.74) is 0.410. The summed E-state index contributed by atoms with van der Waals surface area (Å²) in [5.74, 6) is 1.25. The van der Waals surface area contributed by atoms with Gasteiger partial charge < -0.3 is 24.1 Å². The summed E-state index contributed by atoms with van der Waals surface area (Å²) in [6.45, 7) is 6.42. The third-order valence-corrected chi connectivity index (χ3v) is 7.45. The highest BCUT2D eigenvalue weighted by Gasteiger charge is 2.73. The van der Waals surface area contributed by atoms with E-state index in [9.17, 15) is 9.90 Å². The van der Waals surface area contributed by atoms with E-state index in [4.69, 9.17) is 18.9 Å². The smallest absolute Gasteiger partial charge is 0.189 e. The monoisotopic (exact) mass is 415 g/mol. The van der Waals surface area contributed by atoms with Crippen LogP contribution >= 0.6 is 0 Å². The van der Waals surface area contributed by atoms with Crippen LogP contribution in [0.2, 0.25) is 0 Å². The van der Waals surface area contributed by atoms with E-state index in [1.807, 2.05) is 12.1 Å². The molecule has 5 rings (SSSR count). The molecule has 162 valence electrons. The molecule has 2 aliphatic heterocycles. The minimum absolute atomic E-state index is 0.0500. The number of hydrogen-bond acceptors (Lipinski definition) is 7. The van der Waals surface area contributed by atoms with Gasteiger partial charge in [0.2, 0.25) is 0 Å². The molecule has 1 aromatic rings. The number of piperidine rings is 1. The molecule has 1 saturated heterocycles.